The van der Waals surface area contributed by atoms with Gasteiger partial charge in [-0.15, -0.1) is 0 Å². The van der Waals surface area contributed by atoms with Crippen molar-refractivity contribution in [3.8, 4) is 0 Å². The minimum atomic E-state index is 0.966. The van der Waals surface area contributed by atoms with Crippen molar-refractivity contribution >= 4 is 45.2 Å². The molecule has 0 aromatic heterocycles. The van der Waals surface area contributed by atoms with Crippen molar-refractivity contribution in [1.82, 2.24) is 0 Å². The average Bonchev–Trinajstić information content (AvgIpc) is 2.17. The highest BCUT2D eigenvalue weighted by Crippen LogP contribution is 3.10. The second-order valence-electron chi connectivity index (χ2n) is 5.65. The van der Waals surface area contributed by atoms with E-state index in [1.54, 1.807) is 0 Å². The molecular formula is C10H10I2. The van der Waals surface area contributed by atoms with E-state index in [4.69, 9.17) is 0 Å². The lowest BCUT2D eigenvalue weighted by atomic mass is 8.93. The predicted molar refractivity (Wildman–Crippen MR) is 63.6 cm³/mol. The SMILES string of the molecule is ICC12C3C4C1C1C2C3C41CI. The normalized spacial score (nSPS) is 88.5. The summed E-state index contributed by atoms with van der Waals surface area (Å²) in [6.45, 7) is 0. The van der Waals surface area contributed by atoms with Gasteiger partial charge in [0.05, 0.1) is 0 Å². The fourth-order valence-corrected chi connectivity index (χ4v) is 9.56. The molecule has 0 radical (unpaired) electrons. The van der Waals surface area contributed by atoms with Gasteiger partial charge in [-0.25, -0.2) is 0 Å². The van der Waals surface area contributed by atoms with Crippen LogP contribution in [-0.4, -0.2) is 8.86 Å². The van der Waals surface area contributed by atoms with Crippen molar-refractivity contribution in [1.29, 1.82) is 0 Å². The molecule has 2 heteroatoms. The molecule has 0 aromatic carbocycles. The lowest BCUT2D eigenvalue weighted by molar-refractivity contribution is -0.644. The lowest BCUT2D eigenvalue weighted by Crippen LogP contribution is -3.10. The maximum atomic E-state index is 2.65. The largest absolute Gasteiger partial charge is 0.0857 e. The number of hydrogen-bond donors (Lipinski definition) is 0. The van der Waals surface area contributed by atoms with Gasteiger partial charge in [0.2, 0.25) is 0 Å². The molecular weight excluding hydrogens is 374 g/mol. The summed E-state index contributed by atoms with van der Waals surface area (Å²) in [4.78, 5) is 0. The number of hydrogen-bond acceptors (Lipinski definition) is 0. The molecule has 0 unspecified atom stereocenters. The molecule has 0 aliphatic heterocycles. The van der Waals surface area contributed by atoms with Crippen LogP contribution in [0.4, 0.5) is 0 Å². The minimum absolute atomic E-state index is 0.966. The van der Waals surface area contributed by atoms with Crippen molar-refractivity contribution in [3.63, 3.8) is 0 Å². The summed E-state index contributed by atoms with van der Waals surface area (Å²) >= 11 is 5.30. The first-order chi connectivity index (χ1) is 5.85. The van der Waals surface area contributed by atoms with E-state index in [0.717, 1.165) is 10.8 Å². The summed E-state index contributed by atoms with van der Waals surface area (Å²) in [5.41, 5.74) is 1.93. The molecule has 6 aliphatic carbocycles. The van der Waals surface area contributed by atoms with Crippen LogP contribution in [0.5, 0.6) is 0 Å². The molecule has 6 rings (SSSR count). The Hall–Kier alpha value is 1.46. The van der Waals surface area contributed by atoms with Crippen molar-refractivity contribution in [3.05, 3.63) is 0 Å². The van der Waals surface area contributed by atoms with Crippen molar-refractivity contribution in [2.24, 2.45) is 46.3 Å². The lowest BCUT2D eigenvalue weighted by Gasteiger charge is -3.12. The van der Waals surface area contributed by atoms with Gasteiger partial charge in [0.15, 0.2) is 0 Å². The van der Waals surface area contributed by atoms with Crippen molar-refractivity contribution < 1.29 is 0 Å². The van der Waals surface area contributed by atoms with E-state index in [1.165, 1.54) is 44.4 Å². The number of halogens is 2. The van der Waals surface area contributed by atoms with E-state index in [-0.39, 0.29) is 0 Å². The Morgan fingerprint density at radius 1 is 0.667 bits per heavy atom. The molecule has 6 fully saturated rings. The molecule has 0 atom stereocenters. The molecule has 12 heavy (non-hydrogen) atoms. The Kier molecular flexibility index (Phi) is 0.835. The number of rotatable bonds is 2. The van der Waals surface area contributed by atoms with E-state index < -0.39 is 0 Å². The summed E-state index contributed by atoms with van der Waals surface area (Å²) in [7, 11) is 0. The first-order valence-corrected chi connectivity index (χ1v) is 8.02. The molecule has 6 aliphatic rings. The molecule has 64 valence electrons. The van der Waals surface area contributed by atoms with Crippen LogP contribution in [0.2, 0.25) is 0 Å². The van der Waals surface area contributed by atoms with Crippen LogP contribution in [0.15, 0.2) is 0 Å². The van der Waals surface area contributed by atoms with Crippen molar-refractivity contribution in [2.75, 3.05) is 8.86 Å². The van der Waals surface area contributed by atoms with Crippen LogP contribution in [0, 0.1) is 46.3 Å². The van der Waals surface area contributed by atoms with Crippen LogP contribution in [0.3, 0.4) is 0 Å². The van der Waals surface area contributed by atoms with E-state index >= 15 is 0 Å². The van der Waals surface area contributed by atoms with Gasteiger partial charge in [-0.3, -0.25) is 0 Å². The Morgan fingerprint density at radius 3 is 1.08 bits per heavy atom. The Morgan fingerprint density at radius 2 is 0.917 bits per heavy atom. The van der Waals surface area contributed by atoms with Crippen LogP contribution in [0.25, 0.3) is 0 Å². The smallest absolute Gasteiger partial charge is 0.00606 e. The zero-order valence-corrected chi connectivity index (χ0v) is 10.9. The molecule has 0 amide bonds. The second kappa shape index (κ2) is 1.46. The molecule has 0 spiro atoms. The first kappa shape index (κ1) is 6.85. The quantitative estimate of drug-likeness (QED) is 0.508. The molecule has 0 N–H and O–H groups in total. The Bertz CT molecular complexity index is 236. The van der Waals surface area contributed by atoms with Crippen LogP contribution >= 0.6 is 45.2 Å². The minimum Gasteiger partial charge on any atom is -0.0857 e. The topological polar surface area (TPSA) is 0 Å². The Balaban J connectivity index is 1.67. The molecule has 6 saturated carbocycles. The third-order valence-corrected chi connectivity index (χ3v) is 9.15. The van der Waals surface area contributed by atoms with Gasteiger partial charge in [-0.05, 0) is 46.3 Å². The standard InChI is InChI=1S/C10H10I2/c11-1-9-3-6-4(9)8-5(9)7(3)10(6,8)2-12/h3-8H,1-2H2. The van der Waals surface area contributed by atoms with E-state index in [9.17, 15) is 0 Å². The van der Waals surface area contributed by atoms with E-state index in [2.05, 4.69) is 45.2 Å². The summed E-state index contributed by atoms with van der Waals surface area (Å²) in [6.07, 6.45) is 0. The zero-order valence-electron chi connectivity index (χ0n) is 6.63. The third kappa shape index (κ3) is 0.276. The third-order valence-electron chi connectivity index (χ3n) is 6.51. The fraction of sp³-hybridized carbons (Fsp3) is 1.00. The van der Waals surface area contributed by atoms with Crippen LogP contribution in [-0.2, 0) is 0 Å². The first-order valence-electron chi connectivity index (χ1n) is 4.97. The monoisotopic (exact) mass is 384 g/mol. The summed E-state index contributed by atoms with van der Waals surface area (Å²) in [5.74, 6) is 7.52. The fourth-order valence-electron chi connectivity index (χ4n) is 6.51. The van der Waals surface area contributed by atoms with E-state index in [1.807, 2.05) is 0 Å². The van der Waals surface area contributed by atoms with Gasteiger partial charge in [0.25, 0.3) is 0 Å². The molecule has 0 aromatic rings. The highest BCUT2D eigenvalue weighted by atomic mass is 127. The molecule has 0 nitrogen and oxygen atoms in total. The molecule has 0 saturated heterocycles. The van der Waals surface area contributed by atoms with Gasteiger partial charge in [0, 0.05) is 8.86 Å². The maximum Gasteiger partial charge on any atom is 0.00606 e. The highest BCUT2D eigenvalue weighted by Gasteiger charge is 3.08. The maximum absolute atomic E-state index is 2.65. The number of alkyl halides is 2. The van der Waals surface area contributed by atoms with Gasteiger partial charge in [0.1, 0.15) is 0 Å². The predicted octanol–water partition coefficient (Wildman–Crippen LogP) is 2.59. The van der Waals surface area contributed by atoms with Gasteiger partial charge < -0.3 is 0 Å². The van der Waals surface area contributed by atoms with Crippen molar-refractivity contribution in [2.45, 2.75) is 0 Å². The van der Waals surface area contributed by atoms with Gasteiger partial charge >= 0.3 is 0 Å². The van der Waals surface area contributed by atoms with Crippen LogP contribution in [0.1, 0.15) is 0 Å². The second-order valence-corrected chi connectivity index (χ2v) is 7.17. The molecule has 0 heterocycles. The average molecular weight is 384 g/mol. The summed E-state index contributed by atoms with van der Waals surface area (Å²) < 4.78 is 2.98. The highest BCUT2D eigenvalue weighted by molar-refractivity contribution is 14.1. The molecule has 0 bridgehead atoms. The summed E-state index contributed by atoms with van der Waals surface area (Å²) in [6, 6.07) is 0. The zero-order chi connectivity index (χ0) is 7.88. The van der Waals surface area contributed by atoms with E-state index in [0.29, 0.717) is 0 Å². The Labute approximate surface area is 99.5 Å². The van der Waals surface area contributed by atoms with Gasteiger partial charge in [-0.1, -0.05) is 45.2 Å². The summed E-state index contributed by atoms with van der Waals surface area (Å²) in [5, 5.41) is 0. The van der Waals surface area contributed by atoms with Gasteiger partial charge in [-0.2, -0.15) is 0 Å². The van der Waals surface area contributed by atoms with Crippen LogP contribution < -0.4 is 0 Å².